The summed E-state index contributed by atoms with van der Waals surface area (Å²) >= 11 is 1.20. The van der Waals surface area contributed by atoms with Gasteiger partial charge in [0.05, 0.1) is 24.3 Å². The molecule has 10 nitrogen and oxygen atoms in total. The molecule has 202 valence electrons. The second-order valence-corrected chi connectivity index (χ2v) is 10.7. The number of esters is 1. The molecule has 0 bridgehead atoms. The highest BCUT2D eigenvalue weighted by molar-refractivity contribution is 7.13. The van der Waals surface area contributed by atoms with Gasteiger partial charge in [0.2, 0.25) is 5.88 Å². The van der Waals surface area contributed by atoms with Crippen molar-refractivity contribution in [3.8, 4) is 5.88 Å². The van der Waals surface area contributed by atoms with E-state index in [0.29, 0.717) is 29.4 Å². The Balaban J connectivity index is 1.65. The minimum atomic E-state index is -0.656. The highest BCUT2D eigenvalue weighted by atomic mass is 32.1. The molecule has 0 unspecified atom stereocenters. The minimum absolute atomic E-state index is 0.166. The summed E-state index contributed by atoms with van der Waals surface area (Å²) in [4.78, 5) is 45.8. The molecule has 0 aliphatic carbocycles. The fourth-order valence-corrected chi connectivity index (χ4v) is 4.52. The summed E-state index contributed by atoms with van der Waals surface area (Å²) < 4.78 is 22.0. The number of nitrogens with zero attached hydrogens (tertiary/aromatic N) is 3. The topological polar surface area (TPSA) is 108 Å². The number of hydrogen-bond acceptors (Lipinski definition) is 9. The first-order valence-electron chi connectivity index (χ1n) is 12.3. The van der Waals surface area contributed by atoms with Gasteiger partial charge >= 0.3 is 18.2 Å². The summed E-state index contributed by atoms with van der Waals surface area (Å²) in [6.45, 7) is 10.4. The third kappa shape index (κ3) is 8.34. The van der Waals surface area contributed by atoms with Crippen LogP contribution in [0.5, 0.6) is 5.88 Å². The van der Waals surface area contributed by atoms with E-state index in [4.69, 9.17) is 18.9 Å². The Labute approximate surface area is 221 Å². The fraction of sp³-hybridized carbons (Fsp3) is 0.538. The summed E-state index contributed by atoms with van der Waals surface area (Å²) in [5.41, 5.74) is 0.237. The zero-order valence-corrected chi connectivity index (χ0v) is 22.8. The maximum atomic E-state index is 12.9. The molecular weight excluding hydrogens is 498 g/mol. The van der Waals surface area contributed by atoms with Crippen molar-refractivity contribution in [2.45, 2.75) is 59.3 Å². The second-order valence-electron chi connectivity index (χ2n) is 9.54. The fourth-order valence-electron chi connectivity index (χ4n) is 3.76. The van der Waals surface area contributed by atoms with Crippen molar-refractivity contribution in [1.29, 1.82) is 0 Å². The summed E-state index contributed by atoms with van der Waals surface area (Å²) in [5.74, 6) is -0.275. The average Bonchev–Trinajstić information content (AvgIpc) is 3.22. The van der Waals surface area contributed by atoms with Crippen molar-refractivity contribution in [3.05, 3.63) is 45.8 Å². The monoisotopic (exact) mass is 533 g/mol. The largest absolute Gasteiger partial charge is 0.476 e. The van der Waals surface area contributed by atoms with Crippen LogP contribution in [0.2, 0.25) is 0 Å². The number of carbonyl (C=O) groups excluding carboxylic acids is 3. The maximum Gasteiger partial charge on any atom is 0.410 e. The number of aryl methyl sites for hydroxylation is 1. The van der Waals surface area contributed by atoms with Crippen LogP contribution in [0.1, 0.15) is 54.4 Å². The molecule has 2 amide bonds. The van der Waals surface area contributed by atoms with Crippen LogP contribution in [0.25, 0.3) is 0 Å². The smallest absolute Gasteiger partial charge is 0.410 e. The SMILES string of the molecule is CCOC(=O)c1sc(C)nc1OCC[C@@H]1CN(C(=O)OCc2ccccc2)CCN1C(=O)OC(C)(C)C. The number of hydrogen-bond donors (Lipinski definition) is 0. The summed E-state index contributed by atoms with van der Waals surface area (Å²) in [6, 6.07) is 9.07. The van der Waals surface area contributed by atoms with Crippen LogP contribution in [0.3, 0.4) is 0 Å². The Kier molecular flexibility index (Phi) is 9.73. The van der Waals surface area contributed by atoms with Crippen molar-refractivity contribution < 1.29 is 33.3 Å². The molecule has 3 rings (SSSR count). The number of piperazine rings is 1. The van der Waals surface area contributed by atoms with E-state index in [1.165, 1.54) is 11.3 Å². The van der Waals surface area contributed by atoms with Gasteiger partial charge in [-0.15, -0.1) is 11.3 Å². The van der Waals surface area contributed by atoms with Crippen LogP contribution in [-0.2, 0) is 20.8 Å². The lowest BCUT2D eigenvalue weighted by molar-refractivity contribution is -0.00620. The molecule has 0 spiro atoms. The maximum absolute atomic E-state index is 12.9. The lowest BCUT2D eigenvalue weighted by atomic mass is 10.1. The number of amides is 2. The van der Waals surface area contributed by atoms with E-state index in [1.54, 1.807) is 23.6 Å². The highest BCUT2D eigenvalue weighted by Gasteiger charge is 2.35. The van der Waals surface area contributed by atoms with Crippen LogP contribution < -0.4 is 4.74 Å². The second kappa shape index (κ2) is 12.8. The molecule has 2 aromatic rings. The summed E-state index contributed by atoms with van der Waals surface area (Å²) in [6.07, 6.45) is -0.509. The van der Waals surface area contributed by atoms with Crippen LogP contribution in [0.4, 0.5) is 9.59 Å². The van der Waals surface area contributed by atoms with Crippen LogP contribution in [0.15, 0.2) is 30.3 Å². The number of rotatable bonds is 8. The Morgan fingerprint density at radius 2 is 1.81 bits per heavy atom. The van der Waals surface area contributed by atoms with Crippen molar-refractivity contribution in [3.63, 3.8) is 0 Å². The zero-order valence-electron chi connectivity index (χ0n) is 22.0. The van der Waals surface area contributed by atoms with Gasteiger partial charge in [0.1, 0.15) is 12.2 Å². The molecule has 1 fully saturated rings. The van der Waals surface area contributed by atoms with Crippen LogP contribution in [-0.4, -0.2) is 77.4 Å². The first-order valence-corrected chi connectivity index (χ1v) is 13.1. The van der Waals surface area contributed by atoms with Crippen LogP contribution in [0, 0.1) is 6.92 Å². The van der Waals surface area contributed by atoms with E-state index in [-0.39, 0.29) is 38.3 Å². The normalized spacial score (nSPS) is 15.8. The van der Waals surface area contributed by atoms with Gasteiger partial charge < -0.3 is 28.7 Å². The number of ether oxygens (including phenoxy) is 4. The Bertz CT molecular complexity index is 1070. The number of thiazole rings is 1. The van der Waals surface area contributed by atoms with Crippen molar-refractivity contribution in [2.24, 2.45) is 0 Å². The van der Waals surface area contributed by atoms with E-state index in [0.717, 1.165) is 5.56 Å². The summed E-state index contributed by atoms with van der Waals surface area (Å²) in [5, 5.41) is 0.679. The molecular formula is C26H35N3O7S. The number of carbonyl (C=O) groups is 3. The molecule has 11 heteroatoms. The molecule has 2 heterocycles. The Hall–Kier alpha value is -3.34. The average molecular weight is 534 g/mol. The quantitative estimate of drug-likeness (QED) is 0.356. The molecule has 1 saturated heterocycles. The van der Waals surface area contributed by atoms with Crippen LogP contribution >= 0.6 is 11.3 Å². The predicted octanol–water partition coefficient (Wildman–Crippen LogP) is 4.66. The molecule has 1 aromatic heterocycles. The third-order valence-corrected chi connectivity index (χ3v) is 6.36. The summed E-state index contributed by atoms with van der Waals surface area (Å²) in [7, 11) is 0. The van der Waals surface area contributed by atoms with E-state index in [2.05, 4.69) is 4.98 Å². The lowest BCUT2D eigenvalue weighted by Gasteiger charge is -2.41. The van der Waals surface area contributed by atoms with Gasteiger partial charge in [-0.2, -0.15) is 0 Å². The number of aromatic nitrogens is 1. The van der Waals surface area contributed by atoms with Gasteiger partial charge in [-0.05, 0) is 40.2 Å². The van der Waals surface area contributed by atoms with Gasteiger partial charge in [0.15, 0.2) is 4.88 Å². The van der Waals surface area contributed by atoms with E-state index < -0.39 is 23.8 Å². The first-order chi connectivity index (χ1) is 17.6. The van der Waals surface area contributed by atoms with Gasteiger partial charge in [-0.3, -0.25) is 0 Å². The zero-order chi connectivity index (χ0) is 27.0. The first kappa shape index (κ1) is 28.2. The molecule has 1 atom stereocenters. The number of benzene rings is 1. The molecule has 37 heavy (non-hydrogen) atoms. The van der Waals surface area contributed by atoms with Gasteiger partial charge in [-0.1, -0.05) is 30.3 Å². The lowest BCUT2D eigenvalue weighted by Crippen LogP contribution is -2.57. The van der Waals surface area contributed by atoms with Crippen molar-refractivity contribution >= 4 is 29.5 Å². The standard InChI is InChI=1S/C26H35N3O7S/c1-6-33-23(30)21-22(27-18(2)37-21)34-15-12-20-16-28(13-14-29(20)25(32)36-26(3,4)5)24(31)35-17-19-10-8-7-9-11-19/h7-11,20H,6,12-17H2,1-5H3/t20-/m1/s1. The predicted molar refractivity (Wildman–Crippen MR) is 138 cm³/mol. The molecule has 1 aliphatic heterocycles. The Morgan fingerprint density at radius 1 is 1.08 bits per heavy atom. The van der Waals surface area contributed by atoms with Crippen molar-refractivity contribution in [1.82, 2.24) is 14.8 Å². The molecule has 0 N–H and O–H groups in total. The molecule has 1 aliphatic rings. The van der Waals surface area contributed by atoms with E-state index in [9.17, 15) is 14.4 Å². The molecule has 0 radical (unpaired) electrons. The van der Waals surface area contributed by atoms with Gasteiger partial charge in [0, 0.05) is 26.1 Å². The van der Waals surface area contributed by atoms with Crippen molar-refractivity contribution in [2.75, 3.05) is 32.8 Å². The van der Waals surface area contributed by atoms with Gasteiger partial charge in [-0.25, -0.2) is 19.4 Å². The van der Waals surface area contributed by atoms with Gasteiger partial charge in [0.25, 0.3) is 0 Å². The third-order valence-electron chi connectivity index (χ3n) is 5.43. The van der Waals surface area contributed by atoms with E-state index >= 15 is 0 Å². The highest BCUT2D eigenvalue weighted by Crippen LogP contribution is 2.26. The molecule has 1 aromatic carbocycles. The minimum Gasteiger partial charge on any atom is -0.476 e. The Morgan fingerprint density at radius 3 is 2.49 bits per heavy atom. The molecule has 0 saturated carbocycles. The van der Waals surface area contributed by atoms with E-state index in [1.807, 2.05) is 51.1 Å².